The number of hydrogen-bond acceptors (Lipinski definition) is 3. The summed E-state index contributed by atoms with van der Waals surface area (Å²) in [6, 6.07) is 6.18. The summed E-state index contributed by atoms with van der Waals surface area (Å²) in [6.45, 7) is 8.48. The Labute approximate surface area is 127 Å². The highest BCUT2D eigenvalue weighted by Gasteiger charge is 2.22. The topological polar surface area (TPSA) is 58.4 Å². The van der Waals surface area contributed by atoms with Crippen molar-refractivity contribution in [2.24, 2.45) is 5.92 Å². The number of piperidine rings is 1. The molecule has 2 atom stereocenters. The van der Waals surface area contributed by atoms with Crippen LogP contribution in [0.2, 0.25) is 0 Å². The second-order valence-corrected chi connectivity index (χ2v) is 6.39. The fourth-order valence-electron chi connectivity index (χ4n) is 3.02. The summed E-state index contributed by atoms with van der Waals surface area (Å²) < 4.78 is 0. The van der Waals surface area contributed by atoms with E-state index in [1.165, 1.54) is 12.8 Å². The van der Waals surface area contributed by atoms with Crippen molar-refractivity contribution in [3.63, 3.8) is 0 Å². The number of rotatable bonds is 4. The van der Waals surface area contributed by atoms with Crippen molar-refractivity contribution in [1.29, 1.82) is 0 Å². The van der Waals surface area contributed by atoms with E-state index in [9.17, 15) is 4.79 Å². The average Bonchev–Trinajstić information content (AvgIpc) is 2.42. The van der Waals surface area contributed by atoms with Crippen LogP contribution >= 0.6 is 0 Å². The van der Waals surface area contributed by atoms with Gasteiger partial charge in [-0.25, -0.2) is 0 Å². The maximum Gasteiger partial charge on any atom is 0.225 e. The van der Waals surface area contributed by atoms with E-state index in [0.717, 1.165) is 30.3 Å². The molecule has 2 unspecified atom stereocenters. The molecular formula is C17H27N3O. The molecule has 116 valence electrons. The van der Waals surface area contributed by atoms with Crippen LogP contribution < -0.4 is 11.1 Å². The molecule has 1 aromatic carbocycles. The standard InChI is InChI=1S/C17H27N3O/c1-12-6-8-20(14(3)10-12)9-7-17(21)19-16-11-15(18)5-4-13(16)2/h4-5,11-12,14H,6-10,18H2,1-3H3,(H,19,21). The minimum absolute atomic E-state index is 0.0644. The third-order valence-corrected chi connectivity index (χ3v) is 4.44. The zero-order valence-electron chi connectivity index (χ0n) is 13.4. The highest BCUT2D eigenvalue weighted by Crippen LogP contribution is 2.22. The Morgan fingerprint density at radius 2 is 2.19 bits per heavy atom. The summed E-state index contributed by atoms with van der Waals surface area (Å²) >= 11 is 0. The van der Waals surface area contributed by atoms with Gasteiger partial charge in [-0.2, -0.15) is 0 Å². The predicted octanol–water partition coefficient (Wildman–Crippen LogP) is 3.03. The minimum Gasteiger partial charge on any atom is -0.399 e. The molecule has 0 radical (unpaired) electrons. The quantitative estimate of drug-likeness (QED) is 0.838. The van der Waals surface area contributed by atoms with Gasteiger partial charge in [0.2, 0.25) is 5.91 Å². The van der Waals surface area contributed by atoms with E-state index in [1.54, 1.807) is 0 Å². The van der Waals surface area contributed by atoms with Gasteiger partial charge < -0.3 is 16.0 Å². The smallest absolute Gasteiger partial charge is 0.225 e. The van der Waals surface area contributed by atoms with Crippen molar-refractivity contribution in [2.45, 2.75) is 46.1 Å². The van der Waals surface area contributed by atoms with Gasteiger partial charge in [-0.1, -0.05) is 13.0 Å². The minimum atomic E-state index is 0.0644. The molecule has 1 aliphatic heterocycles. The van der Waals surface area contributed by atoms with E-state index in [2.05, 4.69) is 24.1 Å². The molecule has 0 aliphatic carbocycles. The molecule has 4 heteroatoms. The summed E-state index contributed by atoms with van der Waals surface area (Å²) in [7, 11) is 0. The summed E-state index contributed by atoms with van der Waals surface area (Å²) in [4.78, 5) is 14.5. The number of anilines is 2. The van der Waals surface area contributed by atoms with Gasteiger partial charge in [0.05, 0.1) is 0 Å². The van der Waals surface area contributed by atoms with Crippen molar-refractivity contribution in [3.05, 3.63) is 23.8 Å². The van der Waals surface area contributed by atoms with Crippen LogP contribution in [-0.2, 0) is 4.79 Å². The van der Waals surface area contributed by atoms with Gasteiger partial charge in [-0.05, 0) is 56.8 Å². The SMILES string of the molecule is Cc1ccc(N)cc1NC(=O)CCN1CCC(C)CC1C. The summed E-state index contributed by atoms with van der Waals surface area (Å²) in [5, 5.41) is 2.97. The van der Waals surface area contributed by atoms with Crippen molar-refractivity contribution in [2.75, 3.05) is 24.1 Å². The van der Waals surface area contributed by atoms with E-state index in [-0.39, 0.29) is 5.91 Å². The number of benzene rings is 1. The number of carbonyl (C=O) groups excluding carboxylic acids is 1. The normalized spacial score (nSPS) is 23.0. The van der Waals surface area contributed by atoms with Crippen LogP contribution in [0.15, 0.2) is 18.2 Å². The maximum absolute atomic E-state index is 12.1. The maximum atomic E-state index is 12.1. The second kappa shape index (κ2) is 6.94. The molecule has 1 heterocycles. The Morgan fingerprint density at radius 1 is 1.43 bits per heavy atom. The van der Waals surface area contributed by atoms with Crippen LogP contribution in [0.4, 0.5) is 11.4 Å². The Balaban J connectivity index is 1.83. The molecule has 1 fully saturated rings. The molecule has 3 N–H and O–H groups in total. The second-order valence-electron chi connectivity index (χ2n) is 6.39. The number of nitrogen functional groups attached to an aromatic ring is 1. The first-order valence-corrected chi connectivity index (χ1v) is 7.85. The summed E-state index contributed by atoms with van der Waals surface area (Å²) in [6.07, 6.45) is 3.00. The van der Waals surface area contributed by atoms with Crippen LogP contribution in [0, 0.1) is 12.8 Å². The molecule has 1 amide bonds. The third kappa shape index (κ3) is 4.46. The molecule has 1 aliphatic rings. The van der Waals surface area contributed by atoms with E-state index < -0.39 is 0 Å². The van der Waals surface area contributed by atoms with Crippen LogP contribution in [0.1, 0.15) is 38.7 Å². The number of aryl methyl sites for hydroxylation is 1. The monoisotopic (exact) mass is 289 g/mol. The van der Waals surface area contributed by atoms with Gasteiger partial charge in [0, 0.05) is 30.4 Å². The van der Waals surface area contributed by atoms with Gasteiger partial charge >= 0.3 is 0 Å². The summed E-state index contributed by atoms with van der Waals surface area (Å²) in [5.74, 6) is 0.870. The number of hydrogen-bond donors (Lipinski definition) is 2. The number of nitrogens with one attached hydrogen (secondary N) is 1. The Hall–Kier alpha value is -1.55. The molecule has 4 nitrogen and oxygen atoms in total. The first-order chi connectivity index (χ1) is 9.95. The van der Waals surface area contributed by atoms with Gasteiger partial charge in [-0.15, -0.1) is 0 Å². The van der Waals surface area contributed by atoms with E-state index >= 15 is 0 Å². The molecule has 0 aromatic heterocycles. The molecule has 0 spiro atoms. The van der Waals surface area contributed by atoms with Crippen LogP contribution in [0.3, 0.4) is 0 Å². The Morgan fingerprint density at radius 3 is 2.90 bits per heavy atom. The molecule has 2 rings (SSSR count). The Kier molecular flexibility index (Phi) is 5.23. The predicted molar refractivity (Wildman–Crippen MR) is 88.3 cm³/mol. The zero-order chi connectivity index (χ0) is 15.4. The van der Waals surface area contributed by atoms with Crippen molar-refractivity contribution >= 4 is 17.3 Å². The number of nitrogens with two attached hydrogens (primary N) is 1. The van der Waals surface area contributed by atoms with Crippen LogP contribution in [0.5, 0.6) is 0 Å². The summed E-state index contributed by atoms with van der Waals surface area (Å²) in [5.41, 5.74) is 8.30. The number of carbonyl (C=O) groups is 1. The third-order valence-electron chi connectivity index (χ3n) is 4.44. The average molecular weight is 289 g/mol. The molecule has 21 heavy (non-hydrogen) atoms. The van der Waals surface area contributed by atoms with Crippen molar-refractivity contribution in [3.8, 4) is 0 Å². The lowest BCUT2D eigenvalue weighted by molar-refractivity contribution is -0.116. The number of amides is 1. The van der Waals surface area contributed by atoms with Gasteiger partial charge in [0.25, 0.3) is 0 Å². The first-order valence-electron chi connectivity index (χ1n) is 7.85. The van der Waals surface area contributed by atoms with E-state index in [1.807, 2.05) is 25.1 Å². The van der Waals surface area contributed by atoms with Gasteiger partial charge in [0.15, 0.2) is 0 Å². The molecule has 1 aromatic rings. The molecule has 0 saturated carbocycles. The fraction of sp³-hybridized carbons (Fsp3) is 0.588. The van der Waals surface area contributed by atoms with Crippen molar-refractivity contribution < 1.29 is 4.79 Å². The van der Waals surface area contributed by atoms with Crippen LogP contribution in [-0.4, -0.2) is 29.9 Å². The Bertz CT molecular complexity index is 501. The van der Waals surface area contributed by atoms with Crippen LogP contribution in [0.25, 0.3) is 0 Å². The lowest BCUT2D eigenvalue weighted by atomic mass is 9.93. The van der Waals surface area contributed by atoms with E-state index in [4.69, 9.17) is 5.73 Å². The molecule has 1 saturated heterocycles. The largest absolute Gasteiger partial charge is 0.399 e. The lowest BCUT2D eigenvalue weighted by Crippen LogP contribution is -2.41. The highest BCUT2D eigenvalue weighted by atomic mass is 16.1. The number of likely N-dealkylation sites (tertiary alicyclic amines) is 1. The highest BCUT2D eigenvalue weighted by molar-refractivity contribution is 5.92. The molecular weight excluding hydrogens is 262 g/mol. The van der Waals surface area contributed by atoms with Gasteiger partial charge in [-0.3, -0.25) is 4.79 Å². The van der Waals surface area contributed by atoms with Gasteiger partial charge in [0.1, 0.15) is 0 Å². The number of nitrogens with zero attached hydrogens (tertiary/aromatic N) is 1. The first kappa shape index (κ1) is 15.8. The lowest BCUT2D eigenvalue weighted by Gasteiger charge is -2.36. The van der Waals surface area contributed by atoms with Crippen molar-refractivity contribution in [1.82, 2.24) is 4.90 Å². The van der Waals surface area contributed by atoms with E-state index in [0.29, 0.717) is 18.2 Å². The molecule has 0 bridgehead atoms. The zero-order valence-corrected chi connectivity index (χ0v) is 13.4. The fourth-order valence-corrected chi connectivity index (χ4v) is 3.02.